The summed E-state index contributed by atoms with van der Waals surface area (Å²) in [4.78, 5) is 0. The summed E-state index contributed by atoms with van der Waals surface area (Å²) in [5.74, 6) is 0. The fraction of sp³-hybridized carbons (Fsp3) is 0. The molecule has 10 rings (SSSR count). The summed E-state index contributed by atoms with van der Waals surface area (Å²) < 4.78 is 6.52. The van der Waals surface area contributed by atoms with Gasteiger partial charge in [-0.3, -0.25) is 0 Å². The van der Waals surface area contributed by atoms with Crippen LogP contribution in [0.25, 0.3) is 98.4 Å². The highest BCUT2D eigenvalue weighted by atomic mass is 16.3. The van der Waals surface area contributed by atoms with Crippen LogP contribution < -0.4 is 0 Å². The minimum atomic E-state index is 0.914. The van der Waals surface area contributed by atoms with E-state index in [9.17, 15) is 0 Å². The molecule has 1 aromatic heterocycles. The van der Waals surface area contributed by atoms with Crippen LogP contribution in [-0.4, -0.2) is 0 Å². The fourth-order valence-corrected chi connectivity index (χ4v) is 7.63. The number of benzene rings is 9. The zero-order valence-corrected chi connectivity index (χ0v) is 25.6. The second-order valence-corrected chi connectivity index (χ2v) is 12.5. The fourth-order valence-electron chi connectivity index (χ4n) is 7.63. The third-order valence-corrected chi connectivity index (χ3v) is 9.82. The SMILES string of the molecule is c1ccc2cc(-c3c4ccccc4c(-c4ccc5ccccc5c4)c4cc(-c5cccc6c5oc5ccccc56)ccc34)ccc2c1. The van der Waals surface area contributed by atoms with E-state index in [0.29, 0.717) is 0 Å². The van der Waals surface area contributed by atoms with E-state index >= 15 is 0 Å². The van der Waals surface area contributed by atoms with Gasteiger partial charge in [0, 0.05) is 16.3 Å². The molecule has 9 aromatic carbocycles. The Kier molecular flexibility index (Phi) is 5.64. The molecule has 0 N–H and O–H groups in total. The van der Waals surface area contributed by atoms with Gasteiger partial charge in [0.2, 0.25) is 0 Å². The molecule has 0 spiro atoms. The summed E-state index contributed by atoms with van der Waals surface area (Å²) in [7, 11) is 0. The van der Waals surface area contributed by atoms with Crippen molar-refractivity contribution in [1.82, 2.24) is 0 Å². The predicted octanol–water partition coefficient (Wildman–Crippen LogP) is 13.2. The number of hydrogen-bond acceptors (Lipinski definition) is 1. The largest absolute Gasteiger partial charge is 0.455 e. The zero-order valence-electron chi connectivity index (χ0n) is 25.6. The van der Waals surface area contributed by atoms with E-state index in [4.69, 9.17) is 4.42 Å². The highest BCUT2D eigenvalue weighted by molar-refractivity contribution is 6.23. The summed E-state index contributed by atoms with van der Waals surface area (Å²) in [6, 6.07) is 61.7. The molecule has 10 aromatic rings. The third kappa shape index (κ3) is 4.03. The first-order chi connectivity index (χ1) is 23.3. The Morgan fingerprint density at radius 2 is 0.809 bits per heavy atom. The molecular formula is C46H28O. The summed E-state index contributed by atoms with van der Waals surface area (Å²) in [5, 5.41) is 12.2. The first-order valence-corrected chi connectivity index (χ1v) is 16.2. The Bertz CT molecular complexity index is 2850. The molecule has 0 atom stereocenters. The summed E-state index contributed by atoms with van der Waals surface area (Å²) >= 11 is 0. The lowest BCUT2D eigenvalue weighted by Crippen LogP contribution is -1.92. The first-order valence-electron chi connectivity index (χ1n) is 16.2. The Morgan fingerprint density at radius 3 is 1.49 bits per heavy atom. The van der Waals surface area contributed by atoms with Crippen molar-refractivity contribution in [3.05, 3.63) is 170 Å². The van der Waals surface area contributed by atoms with Gasteiger partial charge < -0.3 is 4.42 Å². The molecule has 0 amide bonds. The lowest BCUT2D eigenvalue weighted by atomic mass is 9.84. The highest BCUT2D eigenvalue weighted by Gasteiger charge is 2.19. The maximum Gasteiger partial charge on any atom is 0.143 e. The second-order valence-electron chi connectivity index (χ2n) is 12.5. The van der Waals surface area contributed by atoms with Crippen molar-refractivity contribution < 1.29 is 4.42 Å². The lowest BCUT2D eigenvalue weighted by molar-refractivity contribution is 0.670. The van der Waals surface area contributed by atoms with Crippen LogP contribution in [0.4, 0.5) is 0 Å². The maximum absolute atomic E-state index is 6.52. The van der Waals surface area contributed by atoms with Crippen LogP contribution in [0.2, 0.25) is 0 Å². The Morgan fingerprint density at radius 1 is 0.298 bits per heavy atom. The molecule has 218 valence electrons. The van der Waals surface area contributed by atoms with Crippen molar-refractivity contribution >= 4 is 65.0 Å². The molecule has 1 nitrogen and oxygen atoms in total. The van der Waals surface area contributed by atoms with Gasteiger partial charge in [0.15, 0.2) is 0 Å². The van der Waals surface area contributed by atoms with Crippen molar-refractivity contribution in [1.29, 1.82) is 0 Å². The van der Waals surface area contributed by atoms with Crippen molar-refractivity contribution in [2.45, 2.75) is 0 Å². The van der Waals surface area contributed by atoms with Crippen molar-refractivity contribution in [2.24, 2.45) is 0 Å². The smallest absolute Gasteiger partial charge is 0.143 e. The average Bonchev–Trinajstić information content (AvgIpc) is 3.52. The van der Waals surface area contributed by atoms with Crippen LogP contribution in [0.15, 0.2) is 174 Å². The van der Waals surface area contributed by atoms with Crippen LogP contribution in [0, 0.1) is 0 Å². The molecule has 0 aliphatic rings. The minimum Gasteiger partial charge on any atom is -0.455 e. The standard InChI is InChI=1S/C46H28O/c1-3-12-31-26-34(22-20-29(31)10-1)44-38-15-5-6-16-39(38)45(35-23-21-30-11-2-4-13-32(30)27-35)42-28-33(24-25-40(42)44)36-17-9-18-41-37-14-7-8-19-43(37)47-46(36)41/h1-28H. The molecule has 47 heavy (non-hydrogen) atoms. The van der Waals surface area contributed by atoms with Crippen molar-refractivity contribution in [2.75, 3.05) is 0 Å². The lowest BCUT2D eigenvalue weighted by Gasteiger charge is -2.19. The van der Waals surface area contributed by atoms with Crippen LogP contribution in [0.1, 0.15) is 0 Å². The van der Waals surface area contributed by atoms with Crippen LogP contribution in [0.5, 0.6) is 0 Å². The molecule has 1 heteroatoms. The summed E-state index contributed by atoms with van der Waals surface area (Å²) in [5.41, 5.74) is 9.04. The normalized spacial score (nSPS) is 11.8. The molecule has 0 fully saturated rings. The molecule has 0 radical (unpaired) electrons. The first kappa shape index (κ1) is 26.1. The summed E-state index contributed by atoms with van der Waals surface area (Å²) in [6.45, 7) is 0. The Labute approximate surface area is 271 Å². The monoisotopic (exact) mass is 596 g/mol. The molecule has 0 unspecified atom stereocenters. The van der Waals surface area contributed by atoms with Crippen molar-refractivity contribution in [3.63, 3.8) is 0 Å². The highest BCUT2D eigenvalue weighted by Crippen LogP contribution is 2.46. The van der Waals surface area contributed by atoms with Crippen LogP contribution in [-0.2, 0) is 0 Å². The number of fused-ring (bicyclic) bond motifs is 7. The number of para-hydroxylation sites is 2. The van der Waals surface area contributed by atoms with E-state index in [1.54, 1.807) is 0 Å². The molecule has 1 heterocycles. The van der Waals surface area contributed by atoms with Crippen LogP contribution in [0.3, 0.4) is 0 Å². The number of furan rings is 1. The molecule has 0 saturated carbocycles. The molecule has 0 aliphatic carbocycles. The topological polar surface area (TPSA) is 13.1 Å². The van der Waals surface area contributed by atoms with Gasteiger partial charge in [-0.15, -0.1) is 0 Å². The number of rotatable bonds is 3. The van der Waals surface area contributed by atoms with E-state index in [2.05, 4.69) is 164 Å². The van der Waals surface area contributed by atoms with Crippen molar-refractivity contribution in [3.8, 4) is 33.4 Å². The van der Waals surface area contributed by atoms with Gasteiger partial charge in [0.05, 0.1) is 0 Å². The van der Waals surface area contributed by atoms with Gasteiger partial charge in [-0.1, -0.05) is 146 Å². The maximum atomic E-state index is 6.52. The van der Waals surface area contributed by atoms with E-state index in [1.165, 1.54) is 65.3 Å². The summed E-state index contributed by atoms with van der Waals surface area (Å²) in [6.07, 6.45) is 0. The van der Waals surface area contributed by atoms with E-state index < -0.39 is 0 Å². The van der Waals surface area contributed by atoms with Gasteiger partial charge in [-0.25, -0.2) is 0 Å². The number of hydrogen-bond donors (Lipinski definition) is 0. The zero-order chi connectivity index (χ0) is 30.9. The van der Waals surface area contributed by atoms with Gasteiger partial charge >= 0.3 is 0 Å². The predicted molar refractivity (Wildman–Crippen MR) is 200 cm³/mol. The Balaban J connectivity index is 1.33. The third-order valence-electron chi connectivity index (χ3n) is 9.82. The molecule has 0 aliphatic heterocycles. The Hall–Kier alpha value is -6.18. The van der Waals surface area contributed by atoms with Gasteiger partial charge in [-0.05, 0) is 95.2 Å². The quantitative estimate of drug-likeness (QED) is 0.185. The second kappa shape index (κ2) is 10.2. The molecule has 0 saturated heterocycles. The molecule has 0 bridgehead atoms. The van der Waals surface area contributed by atoms with Gasteiger partial charge in [0.25, 0.3) is 0 Å². The van der Waals surface area contributed by atoms with E-state index in [0.717, 1.165) is 33.1 Å². The van der Waals surface area contributed by atoms with E-state index in [1.807, 2.05) is 6.07 Å². The average molecular weight is 597 g/mol. The molecular weight excluding hydrogens is 569 g/mol. The van der Waals surface area contributed by atoms with Crippen LogP contribution >= 0.6 is 0 Å². The van der Waals surface area contributed by atoms with Gasteiger partial charge in [-0.2, -0.15) is 0 Å². The van der Waals surface area contributed by atoms with Gasteiger partial charge in [0.1, 0.15) is 11.2 Å². The minimum absolute atomic E-state index is 0.914. The van der Waals surface area contributed by atoms with E-state index in [-0.39, 0.29) is 0 Å².